The zero-order chi connectivity index (χ0) is 27.0. The van der Waals surface area contributed by atoms with Crippen LogP contribution in [0.15, 0.2) is 66.7 Å². The zero-order valence-corrected chi connectivity index (χ0v) is 22.9. The number of nitrogens with zero attached hydrogens (tertiary/aromatic N) is 1. The summed E-state index contributed by atoms with van der Waals surface area (Å²) in [7, 11) is 1.85. The van der Waals surface area contributed by atoms with E-state index in [1.165, 1.54) is 19.8 Å². The van der Waals surface area contributed by atoms with Gasteiger partial charge in [0.05, 0.1) is 5.60 Å². The second kappa shape index (κ2) is 10.4. The van der Waals surface area contributed by atoms with Gasteiger partial charge in [-0.05, 0) is 91.6 Å². The van der Waals surface area contributed by atoms with Crippen LogP contribution in [0, 0.1) is 5.92 Å². The average Bonchev–Trinajstić information content (AvgIpc) is 3.76. The van der Waals surface area contributed by atoms with Gasteiger partial charge < -0.3 is 19.7 Å². The van der Waals surface area contributed by atoms with E-state index in [0.29, 0.717) is 11.3 Å². The Morgan fingerprint density at radius 3 is 2.56 bits per heavy atom. The molecule has 3 atom stereocenters. The summed E-state index contributed by atoms with van der Waals surface area (Å²) in [5.74, 6) is 1.01. The number of fused-ring (bicyclic) bond motifs is 2. The summed E-state index contributed by atoms with van der Waals surface area (Å²) in [6.07, 6.45) is 6.07. The molecule has 0 radical (unpaired) electrons. The molecular formula is C33H38N2O4. The average molecular weight is 527 g/mol. The predicted molar refractivity (Wildman–Crippen MR) is 152 cm³/mol. The second-order valence-electron chi connectivity index (χ2n) is 11.8. The number of esters is 1. The molecule has 3 aromatic rings. The number of hydrogen-bond donors (Lipinski definition) is 1. The second-order valence-corrected chi connectivity index (χ2v) is 11.8. The highest BCUT2D eigenvalue weighted by atomic mass is 16.5. The zero-order valence-electron chi connectivity index (χ0n) is 22.9. The van der Waals surface area contributed by atoms with E-state index in [4.69, 9.17) is 9.47 Å². The third-order valence-electron chi connectivity index (χ3n) is 9.30. The van der Waals surface area contributed by atoms with E-state index < -0.39 is 0 Å². The Balaban J connectivity index is 1.30. The van der Waals surface area contributed by atoms with Gasteiger partial charge in [-0.1, -0.05) is 42.5 Å². The molecule has 1 saturated heterocycles. The minimum absolute atomic E-state index is 0.0135. The fourth-order valence-electron chi connectivity index (χ4n) is 7.16. The van der Waals surface area contributed by atoms with Gasteiger partial charge in [-0.3, -0.25) is 9.59 Å². The summed E-state index contributed by atoms with van der Waals surface area (Å²) in [5, 5.41) is 5.57. The highest BCUT2D eigenvalue weighted by Gasteiger charge is 2.59. The SMILES string of the molecule is CO[C@]12CC[C@@H](NC(=O)c3ccc4ccccc4c3)C[C@]1(c1cccc(OC(C)=O)c1)CCN(CC1CC1)C2. The van der Waals surface area contributed by atoms with Crippen molar-refractivity contribution >= 4 is 22.6 Å². The van der Waals surface area contributed by atoms with E-state index in [1.807, 2.05) is 61.7 Å². The Bertz CT molecular complexity index is 1380. The maximum absolute atomic E-state index is 13.5. The number of likely N-dealkylation sites (tertiary alicyclic amines) is 1. The van der Waals surface area contributed by atoms with Gasteiger partial charge in [-0.15, -0.1) is 0 Å². The van der Waals surface area contributed by atoms with Crippen molar-refractivity contribution in [3.05, 3.63) is 77.9 Å². The van der Waals surface area contributed by atoms with Crippen LogP contribution in [0.25, 0.3) is 10.8 Å². The lowest BCUT2D eigenvalue weighted by Gasteiger charge is -2.60. The number of piperidine rings is 1. The number of rotatable bonds is 7. The summed E-state index contributed by atoms with van der Waals surface area (Å²) in [6, 6.07) is 22.0. The van der Waals surface area contributed by atoms with Crippen LogP contribution in [0.2, 0.25) is 0 Å². The molecule has 0 unspecified atom stereocenters. The van der Waals surface area contributed by atoms with Gasteiger partial charge in [0.25, 0.3) is 5.91 Å². The van der Waals surface area contributed by atoms with Crippen molar-refractivity contribution in [2.24, 2.45) is 5.92 Å². The smallest absolute Gasteiger partial charge is 0.308 e. The van der Waals surface area contributed by atoms with Gasteiger partial charge in [-0.25, -0.2) is 0 Å². The third kappa shape index (κ3) is 5.08. The number of methoxy groups -OCH3 is 1. The lowest BCUT2D eigenvalue weighted by Crippen LogP contribution is -2.68. The normalized spacial score (nSPS) is 27.1. The fraction of sp³-hybridized carbons (Fsp3) is 0.455. The minimum Gasteiger partial charge on any atom is -0.427 e. The van der Waals surface area contributed by atoms with Crippen LogP contribution in [-0.2, 0) is 14.9 Å². The highest BCUT2D eigenvalue weighted by molar-refractivity contribution is 5.98. The maximum atomic E-state index is 13.5. The summed E-state index contributed by atoms with van der Waals surface area (Å²) in [5.41, 5.74) is 1.12. The summed E-state index contributed by atoms with van der Waals surface area (Å²) in [6.45, 7) is 4.43. The highest BCUT2D eigenvalue weighted by Crippen LogP contribution is 2.54. The molecule has 3 aliphatic rings. The summed E-state index contributed by atoms with van der Waals surface area (Å²) in [4.78, 5) is 27.8. The molecule has 204 valence electrons. The molecule has 39 heavy (non-hydrogen) atoms. The number of ether oxygens (including phenoxy) is 2. The fourth-order valence-corrected chi connectivity index (χ4v) is 7.16. The van der Waals surface area contributed by atoms with Crippen molar-refractivity contribution in [1.29, 1.82) is 0 Å². The Morgan fingerprint density at radius 2 is 1.79 bits per heavy atom. The molecule has 0 aromatic heterocycles. The molecule has 0 spiro atoms. The number of benzene rings is 3. The third-order valence-corrected chi connectivity index (χ3v) is 9.30. The quantitative estimate of drug-likeness (QED) is 0.326. The van der Waals surface area contributed by atoms with Crippen LogP contribution in [0.5, 0.6) is 5.75 Å². The lowest BCUT2D eigenvalue weighted by atomic mass is 9.55. The molecule has 2 aliphatic carbocycles. The molecule has 2 saturated carbocycles. The minimum atomic E-state index is -0.376. The molecule has 1 heterocycles. The van der Waals surface area contributed by atoms with Crippen LogP contribution in [0.3, 0.4) is 0 Å². The van der Waals surface area contributed by atoms with Crippen LogP contribution in [0.4, 0.5) is 0 Å². The predicted octanol–water partition coefficient (Wildman–Crippen LogP) is 5.49. The number of nitrogens with one attached hydrogen (secondary N) is 1. The van der Waals surface area contributed by atoms with Crippen molar-refractivity contribution in [2.45, 2.75) is 62.5 Å². The van der Waals surface area contributed by atoms with Gasteiger partial charge in [0.15, 0.2) is 0 Å². The molecule has 6 heteroatoms. The van der Waals surface area contributed by atoms with Gasteiger partial charge in [0.1, 0.15) is 5.75 Å². The van der Waals surface area contributed by atoms with Crippen molar-refractivity contribution in [3.8, 4) is 5.75 Å². The van der Waals surface area contributed by atoms with E-state index in [1.54, 1.807) is 0 Å². The number of carbonyl (C=O) groups excluding carboxylic acids is 2. The van der Waals surface area contributed by atoms with Crippen LogP contribution >= 0.6 is 0 Å². The molecular weight excluding hydrogens is 488 g/mol. The van der Waals surface area contributed by atoms with E-state index in [2.05, 4.69) is 22.3 Å². The molecule has 6 nitrogen and oxygen atoms in total. The standard InChI is InChI=1S/C33H38N2O4/c1-23(36)39-30-9-5-8-28(19-30)32-16-17-35(21-24-10-11-24)22-33(32,38-2)15-14-29(20-32)34-31(37)27-13-12-25-6-3-4-7-26(25)18-27/h3-9,12-13,18-19,24,29H,10-11,14-17,20-22H2,1-2H3,(H,34,37)/t29-,32+,33+/m1/s1. The first-order valence-corrected chi connectivity index (χ1v) is 14.3. The number of amides is 1. The van der Waals surface area contributed by atoms with E-state index in [9.17, 15) is 9.59 Å². The summed E-state index contributed by atoms with van der Waals surface area (Å²) >= 11 is 0. The molecule has 6 rings (SSSR count). The van der Waals surface area contributed by atoms with E-state index in [0.717, 1.165) is 67.6 Å². The molecule has 0 bridgehead atoms. The van der Waals surface area contributed by atoms with Crippen molar-refractivity contribution in [2.75, 3.05) is 26.7 Å². The van der Waals surface area contributed by atoms with Crippen molar-refractivity contribution in [1.82, 2.24) is 10.2 Å². The molecule has 1 amide bonds. The van der Waals surface area contributed by atoms with Gasteiger partial charge in [-0.2, -0.15) is 0 Å². The first-order chi connectivity index (χ1) is 18.9. The molecule has 3 aromatic carbocycles. The first kappa shape index (κ1) is 26.0. The van der Waals surface area contributed by atoms with Crippen molar-refractivity contribution < 1.29 is 19.1 Å². The Labute approximate surface area is 230 Å². The van der Waals surface area contributed by atoms with E-state index in [-0.39, 0.29) is 28.9 Å². The number of hydrogen-bond acceptors (Lipinski definition) is 5. The van der Waals surface area contributed by atoms with Gasteiger partial charge >= 0.3 is 5.97 Å². The monoisotopic (exact) mass is 526 g/mol. The molecule has 3 fully saturated rings. The summed E-state index contributed by atoms with van der Waals surface area (Å²) < 4.78 is 12.0. The largest absolute Gasteiger partial charge is 0.427 e. The Hall–Kier alpha value is -3.22. The van der Waals surface area contributed by atoms with Gasteiger partial charge in [0, 0.05) is 44.1 Å². The van der Waals surface area contributed by atoms with Crippen LogP contribution in [-0.4, -0.2) is 55.2 Å². The topological polar surface area (TPSA) is 67.9 Å². The van der Waals surface area contributed by atoms with Gasteiger partial charge in [0.2, 0.25) is 0 Å². The van der Waals surface area contributed by atoms with Crippen molar-refractivity contribution in [3.63, 3.8) is 0 Å². The number of carbonyl (C=O) groups is 2. The first-order valence-electron chi connectivity index (χ1n) is 14.3. The molecule has 1 aliphatic heterocycles. The molecule has 1 N–H and O–H groups in total. The lowest BCUT2D eigenvalue weighted by molar-refractivity contribution is -0.148. The Kier molecular flexibility index (Phi) is 6.94. The van der Waals surface area contributed by atoms with E-state index >= 15 is 0 Å². The van der Waals surface area contributed by atoms with Crippen LogP contribution in [0.1, 0.15) is 61.4 Å². The van der Waals surface area contributed by atoms with Crippen LogP contribution < -0.4 is 10.1 Å². The maximum Gasteiger partial charge on any atom is 0.308 e. The Morgan fingerprint density at radius 1 is 0.974 bits per heavy atom.